The standard InChI is InChI=1S/C25H27ClF3N3O5/c26-17-1-3-18(4-2-17)30-11-13-31(14-12-30)24(33)16-36-19-5-7-20(8-6-19)37-21-9-10-23(32(34)35)22(15-21)25(27,28)29/h1-4,9-10,15,19-20H,5-8,11-14,16H2/t19-,20-. The van der Waals surface area contributed by atoms with Crippen LogP contribution in [0.25, 0.3) is 0 Å². The highest BCUT2D eigenvalue weighted by atomic mass is 35.5. The number of alkyl halides is 3. The van der Waals surface area contributed by atoms with E-state index in [0.717, 1.165) is 11.8 Å². The lowest BCUT2D eigenvalue weighted by Crippen LogP contribution is -2.50. The summed E-state index contributed by atoms with van der Waals surface area (Å²) < 4.78 is 51.1. The molecule has 1 amide bonds. The van der Waals surface area contributed by atoms with Crippen molar-refractivity contribution in [2.24, 2.45) is 0 Å². The maximum Gasteiger partial charge on any atom is 0.423 e. The molecule has 2 aliphatic rings. The number of carbonyl (C=O) groups excluding carboxylic acids is 1. The topological polar surface area (TPSA) is 85.1 Å². The fraction of sp³-hybridized carbons (Fsp3) is 0.480. The zero-order valence-corrected chi connectivity index (χ0v) is 20.7. The van der Waals surface area contributed by atoms with Crippen LogP contribution in [0.15, 0.2) is 42.5 Å². The van der Waals surface area contributed by atoms with Crippen molar-refractivity contribution < 1.29 is 32.4 Å². The molecule has 1 saturated heterocycles. The first-order valence-corrected chi connectivity index (χ1v) is 12.4. The third-order valence-electron chi connectivity index (χ3n) is 6.66. The maximum atomic E-state index is 13.2. The molecule has 2 fully saturated rings. The summed E-state index contributed by atoms with van der Waals surface area (Å²) in [5.41, 5.74) is -1.28. The lowest BCUT2D eigenvalue weighted by Gasteiger charge is -2.36. The van der Waals surface area contributed by atoms with Crippen LogP contribution in [0, 0.1) is 10.1 Å². The number of rotatable bonds is 7. The second kappa shape index (κ2) is 11.6. The van der Waals surface area contributed by atoms with Crippen molar-refractivity contribution in [2.45, 2.75) is 44.1 Å². The van der Waals surface area contributed by atoms with Gasteiger partial charge in [0.25, 0.3) is 5.69 Å². The predicted octanol–water partition coefficient (Wildman–Crippen LogP) is 5.32. The van der Waals surface area contributed by atoms with Crippen LogP contribution in [-0.2, 0) is 15.7 Å². The Hall–Kier alpha value is -3.05. The SMILES string of the molecule is O=C(CO[C@H]1CC[C@H](Oc2ccc([N+](=O)[O-])c(C(F)(F)F)c2)CC1)N1CCN(c2ccc(Cl)cc2)CC1. The van der Waals surface area contributed by atoms with Crippen LogP contribution in [0.2, 0.25) is 5.02 Å². The summed E-state index contributed by atoms with van der Waals surface area (Å²) in [6, 6.07) is 10.3. The van der Waals surface area contributed by atoms with Crippen LogP contribution in [0.1, 0.15) is 31.2 Å². The van der Waals surface area contributed by atoms with Crippen LogP contribution in [0.4, 0.5) is 24.5 Å². The molecule has 1 saturated carbocycles. The minimum atomic E-state index is -4.86. The number of ether oxygens (including phenoxy) is 2. The predicted molar refractivity (Wildman–Crippen MR) is 131 cm³/mol. The molecule has 0 bridgehead atoms. The van der Waals surface area contributed by atoms with Gasteiger partial charge in [-0.25, -0.2) is 0 Å². The number of nitro benzene ring substituents is 1. The average Bonchev–Trinajstić information content (AvgIpc) is 2.88. The van der Waals surface area contributed by atoms with E-state index in [1.807, 2.05) is 24.3 Å². The molecule has 0 atom stereocenters. The fourth-order valence-corrected chi connectivity index (χ4v) is 4.76. The Kier molecular flexibility index (Phi) is 8.43. The van der Waals surface area contributed by atoms with Crippen molar-refractivity contribution in [1.82, 2.24) is 4.90 Å². The van der Waals surface area contributed by atoms with E-state index in [4.69, 9.17) is 21.1 Å². The molecule has 200 valence electrons. The second-order valence-electron chi connectivity index (χ2n) is 9.11. The average molecular weight is 542 g/mol. The highest BCUT2D eigenvalue weighted by Crippen LogP contribution is 2.39. The van der Waals surface area contributed by atoms with Gasteiger partial charge in [-0.05, 0) is 62.1 Å². The maximum absolute atomic E-state index is 13.2. The molecule has 0 unspecified atom stereocenters. The van der Waals surface area contributed by atoms with Crippen LogP contribution in [0.3, 0.4) is 0 Å². The van der Waals surface area contributed by atoms with E-state index < -0.39 is 22.4 Å². The number of amides is 1. The molecule has 1 aliphatic carbocycles. The Balaban J connectivity index is 1.20. The number of nitro groups is 1. The number of carbonyl (C=O) groups is 1. The van der Waals surface area contributed by atoms with E-state index in [0.29, 0.717) is 63.0 Å². The summed E-state index contributed by atoms with van der Waals surface area (Å²) in [6.45, 7) is 2.61. The van der Waals surface area contributed by atoms with E-state index in [9.17, 15) is 28.1 Å². The van der Waals surface area contributed by atoms with E-state index in [1.54, 1.807) is 4.90 Å². The number of nitrogens with zero attached hydrogens (tertiary/aromatic N) is 3. The van der Waals surface area contributed by atoms with E-state index in [-0.39, 0.29) is 30.5 Å². The zero-order chi connectivity index (χ0) is 26.6. The Morgan fingerprint density at radius 1 is 1.00 bits per heavy atom. The van der Waals surface area contributed by atoms with Gasteiger partial charge in [-0.3, -0.25) is 14.9 Å². The van der Waals surface area contributed by atoms with Crippen LogP contribution < -0.4 is 9.64 Å². The van der Waals surface area contributed by atoms with Gasteiger partial charge in [0.1, 0.15) is 17.9 Å². The second-order valence-corrected chi connectivity index (χ2v) is 9.54. The highest BCUT2D eigenvalue weighted by molar-refractivity contribution is 6.30. The molecule has 1 heterocycles. The number of benzene rings is 2. The van der Waals surface area contributed by atoms with Gasteiger partial charge in [-0.2, -0.15) is 13.2 Å². The van der Waals surface area contributed by atoms with E-state index >= 15 is 0 Å². The van der Waals surface area contributed by atoms with Crippen molar-refractivity contribution in [3.8, 4) is 5.75 Å². The van der Waals surface area contributed by atoms with Crippen molar-refractivity contribution in [3.05, 3.63) is 63.2 Å². The lowest BCUT2D eigenvalue weighted by atomic mass is 9.95. The molecule has 37 heavy (non-hydrogen) atoms. The summed E-state index contributed by atoms with van der Waals surface area (Å²) in [4.78, 5) is 26.5. The Bertz CT molecular complexity index is 1100. The number of piperazine rings is 1. The molecule has 0 aromatic heterocycles. The number of halogens is 4. The van der Waals surface area contributed by atoms with Gasteiger partial charge in [0.05, 0.1) is 17.1 Å². The van der Waals surface area contributed by atoms with Crippen molar-refractivity contribution in [3.63, 3.8) is 0 Å². The van der Waals surface area contributed by atoms with Gasteiger partial charge in [0.15, 0.2) is 0 Å². The van der Waals surface area contributed by atoms with Crippen LogP contribution in [-0.4, -0.2) is 60.7 Å². The van der Waals surface area contributed by atoms with Gasteiger partial charge < -0.3 is 19.3 Å². The quantitative estimate of drug-likeness (QED) is 0.348. The minimum absolute atomic E-state index is 0.0194. The van der Waals surface area contributed by atoms with Gasteiger partial charge in [-0.15, -0.1) is 0 Å². The summed E-state index contributed by atoms with van der Waals surface area (Å²) in [5.74, 6) is -0.130. The Labute approximate surface area is 217 Å². The first-order chi connectivity index (χ1) is 17.6. The van der Waals surface area contributed by atoms with Crippen LogP contribution in [0.5, 0.6) is 5.75 Å². The first-order valence-electron chi connectivity index (χ1n) is 12.0. The van der Waals surface area contributed by atoms with E-state index in [1.165, 1.54) is 6.07 Å². The Morgan fingerprint density at radius 2 is 1.62 bits per heavy atom. The molecule has 2 aromatic carbocycles. The zero-order valence-electron chi connectivity index (χ0n) is 20.0. The molecular formula is C25H27ClF3N3O5. The smallest absolute Gasteiger partial charge is 0.423 e. The molecule has 8 nitrogen and oxygen atoms in total. The first kappa shape index (κ1) is 27.0. The highest BCUT2D eigenvalue weighted by Gasteiger charge is 2.39. The van der Waals surface area contributed by atoms with Crippen molar-refractivity contribution in [1.29, 1.82) is 0 Å². The molecule has 1 aliphatic heterocycles. The molecule has 0 N–H and O–H groups in total. The third-order valence-corrected chi connectivity index (χ3v) is 6.91. The minimum Gasteiger partial charge on any atom is -0.490 e. The van der Waals surface area contributed by atoms with Crippen molar-refractivity contribution >= 4 is 28.9 Å². The summed E-state index contributed by atoms with van der Waals surface area (Å²) in [5, 5.41) is 11.6. The monoisotopic (exact) mass is 541 g/mol. The van der Waals surface area contributed by atoms with Crippen LogP contribution >= 0.6 is 11.6 Å². The van der Waals surface area contributed by atoms with Gasteiger partial charge in [0.2, 0.25) is 5.91 Å². The van der Waals surface area contributed by atoms with Gasteiger partial charge in [-0.1, -0.05) is 11.6 Å². The Morgan fingerprint density at radius 3 is 2.22 bits per heavy atom. The number of hydrogen-bond acceptors (Lipinski definition) is 6. The van der Waals surface area contributed by atoms with E-state index in [2.05, 4.69) is 4.90 Å². The fourth-order valence-electron chi connectivity index (χ4n) is 4.63. The lowest BCUT2D eigenvalue weighted by molar-refractivity contribution is -0.388. The van der Waals surface area contributed by atoms with Gasteiger partial charge >= 0.3 is 6.18 Å². The summed E-state index contributed by atoms with van der Waals surface area (Å²) in [7, 11) is 0. The number of hydrogen-bond donors (Lipinski definition) is 0. The molecular weight excluding hydrogens is 515 g/mol. The molecule has 4 rings (SSSR count). The normalized spacial score (nSPS) is 20.5. The largest absolute Gasteiger partial charge is 0.490 e. The summed E-state index contributed by atoms with van der Waals surface area (Å²) in [6.07, 6.45) is -3.06. The summed E-state index contributed by atoms with van der Waals surface area (Å²) >= 11 is 5.94. The molecule has 12 heteroatoms. The van der Waals surface area contributed by atoms with Crippen molar-refractivity contribution in [2.75, 3.05) is 37.7 Å². The molecule has 0 radical (unpaired) electrons. The van der Waals surface area contributed by atoms with Gasteiger partial charge in [0, 0.05) is 43.0 Å². The number of anilines is 1. The molecule has 0 spiro atoms. The third kappa shape index (κ3) is 7.04. The molecule has 2 aromatic rings.